The predicted octanol–water partition coefficient (Wildman–Crippen LogP) is 4.21. The van der Waals surface area contributed by atoms with Gasteiger partial charge in [0.25, 0.3) is 0 Å². The van der Waals surface area contributed by atoms with Crippen LogP contribution >= 0.6 is 11.6 Å². The zero-order valence-corrected chi connectivity index (χ0v) is 20.3. The number of nitrogens with zero attached hydrogens (tertiary/aromatic N) is 6. The summed E-state index contributed by atoms with van der Waals surface area (Å²) < 4.78 is 21.9. The molecular weight excluding hydrogens is 487 g/mol. The number of hydrogen-bond acceptors (Lipinski definition) is 7. The third kappa shape index (κ3) is 5.00. The van der Waals surface area contributed by atoms with Crippen molar-refractivity contribution in [1.29, 1.82) is 0 Å². The van der Waals surface area contributed by atoms with Crippen molar-refractivity contribution in [2.24, 2.45) is 7.05 Å². The summed E-state index contributed by atoms with van der Waals surface area (Å²) in [6.45, 7) is 2.33. The highest BCUT2D eigenvalue weighted by Gasteiger charge is 2.26. The van der Waals surface area contributed by atoms with Crippen molar-refractivity contribution in [1.82, 2.24) is 29.4 Å². The number of imidazole rings is 1. The van der Waals surface area contributed by atoms with Crippen molar-refractivity contribution in [2.45, 2.75) is 31.9 Å². The van der Waals surface area contributed by atoms with E-state index in [1.54, 1.807) is 30.6 Å². The van der Waals surface area contributed by atoms with Crippen molar-refractivity contribution in [3.63, 3.8) is 0 Å². The number of carbonyl (C=O) groups is 1. The molecule has 36 heavy (non-hydrogen) atoms. The fourth-order valence-corrected chi connectivity index (χ4v) is 4.64. The minimum atomic E-state index is -1.06. The van der Waals surface area contributed by atoms with Gasteiger partial charge in [-0.05, 0) is 44.1 Å². The van der Waals surface area contributed by atoms with Gasteiger partial charge in [-0.15, -0.1) is 0 Å². The Balaban J connectivity index is 1.23. The molecule has 0 spiro atoms. The van der Waals surface area contributed by atoms with E-state index in [0.29, 0.717) is 28.5 Å². The van der Waals surface area contributed by atoms with Crippen molar-refractivity contribution in [2.75, 3.05) is 13.1 Å². The van der Waals surface area contributed by atoms with Gasteiger partial charge in [0.1, 0.15) is 35.2 Å². The number of carboxylic acids is 1. The van der Waals surface area contributed by atoms with Gasteiger partial charge in [-0.25, -0.2) is 24.1 Å². The molecule has 1 N–H and O–H groups in total. The Morgan fingerprint density at radius 2 is 1.97 bits per heavy atom. The van der Waals surface area contributed by atoms with Gasteiger partial charge in [-0.3, -0.25) is 9.88 Å². The number of ether oxygens (including phenoxy) is 1. The third-order valence-electron chi connectivity index (χ3n) is 6.49. The fraction of sp³-hybridized carbons (Fsp3) is 0.320. The van der Waals surface area contributed by atoms with Gasteiger partial charge in [0.2, 0.25) is 5.88 Å². The molecule has 0 saturated carbocycles. The highest BCUT2D eigenvalue weighted by molar-refractivity contribution is 6.30. The molecule has 1 aromatic carbocycles. The molecule has 9 nitrogen and oxygen atoms in total. The molecule has 0 atom stereocenters. The first kappa shape index (κ1) is 24.1. The van der Waals surface area contributed by atoms with Gasteiger partial charge < -0.3 is 14.4 Å². The van der Waals surface area contributed by atoms with Crippen molar-refractivity contribution in [3.8, 4) is 5.88 Å². The predicted molar refractivity (Wildman–Crippen MR) is 130 cm³/mol. The average molecular weight is 511 g/mol. The topological polar surface area (TPSA) is 106 Å². The molecule has 1 aliphatic rings. The lowest BCUT2D eigenvalue weighted by molar-refractivity contribution is 0.0690. The van der Waals surface area contributed by atoms with Crippen LogP contribution in [0.5, 0.6) is 5.88 Å². The van der Waals surface area contributed by atoms with Crippen LogP contribution in [0.25, 0.3) is 11.0 Å². The van der Waals surface area contributed by atoms with Crippen LogP contribution in [0.3, 0.4) is 0 Å². The van der Waals surface area contributed by atoms with Crippen LogP contribution in [0.15, 0.2) is 42.9 Å². The number of benzene rings is 1. The lowest BCUT2D eigenvalue weighted by Crippen LogP contribution is -2.33. The number of aryl methyl sites for hydroxylation is 1. The number of halogens is 2. The minimum absolute atomic E-state index is 0.00124. The van der Waals surface area contributed by atoms with Crippen LogP contribution in [0.2, 0.25) is 5.02 Å². The van der Waals surface area contributed by atoms with Gasteiger partial charge in [0, 0.05) is 35.9 Å². The summed E-state index contributed by atoms with van der Waals surface area (Å²) in [6.07, 6.45) is 6.44. The summed E-state index contributed by atoms with van der Waals surface area (Å²) in [7, 11) is 1.88. The summed E-state index contributed by atoms with van der Waals surface area (Å²) in [5, 5.41) is 9.55. The van der Waals surface area contributed by atoms with Crippen molar-refractivity contribution >= 4 is 28.6 Å². The number of rotatable bonds is 7. The van der Waals surface area contributed by atoms with Crippen LogP contribution in [0.4, 0.5) is 4.39 Å². The molecule has 0 bridgehead atoms. The molecule has 4 heterocycles. The number of piperidine rings is 1. The Hall–Kier alpha value is -3.63. The van der Waals surface area contributed by atoms with Gasteiger partial charge in [-0.2, -0.15) is 0 Å². The maximum atomic E-state index is 14.1. The molecule has 4 aromatic rings. The number of pyridine rings is 1. The van der Waals surface area contributed by atoms with Gasteiger partial charge in [0.05, 0.1) is 18.3 Å². The van der Waals surface area contributed by atoms with E-state index in [-0.39, 0.29) is 18.2 Å². The average Bonchev–Trinajstić information content (AvgIpc) is 3.18. The van der Waals surface area contributed by atoms with Gasteiger partial charge in [0.15, 0.2) is 0 Å². The van der Waals surface area contributed by atoms with E-state index >= 15 is 0 Å². The molecule has 11 heteroatoms. The normalized spacial score (nSPS) is 14.9. The molecule has 5 rings (SSSR count). The van der Waals surface area contributed by atoms with E-state index in [1.807, 2.05) is 11.6 Å². The Morgan fingerprint density at radius 1 is 1.19 bits per heavy atom. The van der Waals surface area contributed by atoms with Crippen molar-refractivity contribution in [3.05, 3.63) is 76.5 Å². The third-order valence-corrected chi connectivity index (χ3v) is 6.72. The zero-order valence-electron chi connectivity index (χ0n) is 19.6. The van der Waals surface area contributed by atoms with Crippen LogP contribution < -0.4 is 4.74 Å². The van der Waals surface area contributed by atoms with Crippen LogP contribution in [-0.4, -0.2) is 53.6 Å². The molecule has 0 radical (unpaired) electrons. The van der Waals surface area contributed by atoms with E-state index in [2.05, 4.69) is 24.8 Å². The van der Waals surface area contributed by atoms with Gasteiger partial charge in [-0.1, -0.05) is 17.7 Å². The molecular formula is C25H24ClFN6O3. The van der Waals surface area contributed by atoms with Crippen molar-refractivity contribution < 1.29 is 19.0 Å². The lowest BCUT2D eigenvalue weighted by atomic mass is 9.93. The second-order valence-electron chi connectivity index (χ2n) is 8.77. The highest BCUT2D eigenvalue weighted by Crippen LogP contribution is 2.32. The Labute approximate surface area is 211 Å². The SMILES string of the molecule is Cn1c(CN2CCC(c3nccnc3OCc3ccc(Cl)cc3F)CC2)nc2cnc(C(=O)O)cc21. The summed E-state index contributed by atoms with van der Waals surface area (Å²) in [6, 6.07) is 6.04. The lowest BCUT2D eigenvalue weighted by Gasteiger charge is -2.31. The molecule has 1 aliphatic heterocycles. The number of carboxylic acid groups (broad SMARTS) is 1. The van der Waals surface area contributed by atoms with Crippen LogP contribution in [0, 0.1) is 5.82 Å². The maximum absolute atomic E-state index is 14.1. The smallest absolute Gasteiger partial charge is 0.354 e. The number of fused-ring (bicyclic) bond motifs is 1. The molecule has 0 unspecified atom stereocenters. The molecule has 0 aliphatic carbocycles. The van der Waals surface area contributed by atoms with E-state index in [9.17, 15) is 14.3 Å². The molecule has 1 fully saturated rings. The van der Waals surface area contributed by atoms with Crippen LogP contribution in [0.1, 0.15) is 46.3 Å². The monoisotopic (exact) mass is 510 g/mol. The Morgan fingerprint density at radius 3 is 2.72 bits per heavy atom. The second-order valence-corrected chi connectivity index (χ2v) is 9.21. The first-order valence-electron chi connectivity index (χ1n) is 11.5. The summed E-state index contributed by atoms with van der Waals surface area (Å²) in [5.74, 6) is -0.0444. The largest absolute Gasteiger partial charge is 0.477 e. The summed E-state index contributed by atoms with van der Waals surface area (Å²) in [4.78, 5) is 31.1. The van der Waals surface area contributed by atoms with E-state index in [0.717, 1.165) is 43.0 Å². The first-order valence-corrected chi connectivity index (χ1v) is 11.9. The zero-order chi connectivity index (χ0) is 25.2. The van der Waals surface area contributed by atoms with E-state index < -0.39 is 11.8 Å². The van der Waals surface area contributed by atoms with E-state index in [4.69, 9.17) is 16.3 Å². The standard InChI is InChI=1S/C25H24ClFN6O3/c1-32-21-11-19(25(34)35)30-12-20(21)31-22(32)13-33-8-4-15(5-9-33)23-24(29-7-6-28-23)36-14-16-2-3-17(26)10-18(16)27/h2-3,6-7,10-12,15H,4-5,8-9,13-14H2,1H3,(H,34,35). The Bertz CT molecular complexity index is 1420. The Kier molecular flexibility index (Phi) is 6.80. The molecule has 1 saturated heterocycles. The minimum Gasteiger partial charge on any atom is -0.477 e. The molecule has 186 valence electrons. The quantitative estimate of drug-likeness (QED) is 0.394. The first-order chi connectivity index (χ1) is 17.4. The van der Waals surface area contributed by atoms with Crippen LogP contribution in [-0.2, 0) is 20.2 Å². The number of likely N-dealkylation sites (tertiary alicyclic amines) is 1. The number of aromatic carboxylic acids is 1. The molecule has 3 aromatic heterocycles. The van der Waals surface area contributed by atoms with E-state index in [1.165, 1.54) is 12.3 Å². The highest BCUT2D eigenvalue weighted by atomic mass is 35.5. The second kappa shape index (κ2) is 10.2. The number of aromatic nitrogens is 5. The summed E-state index contributed by atoms with van der Waals surface area (Å²) in [5.41, 5.74) is 2.59. The maximum Gasteiger partial charge on any atom is 0.354 e. The molecule has 0 amide bonds. The van der Waals surface area contributed by atoms with Gasteiger partial charge >= 0.3 is 5.97 Å². The number of hydrogen-bond donors (Lipinski definition) is 1. The summed E-state index contributed by atoms with van der Waals surface area (Å²) >= 11 is 5.83. The fourth-order valence-electron chi connectivity index (χ4n) is 4.48.